The third kappa shape index (κ3) is 1.61. The fourth-order valence-electron chi connectivity index (χ4n) is 1.17. The molecule has 1 aromatic carbocycles. The van der Waals surface area contributed by atoms with Crippen molar-refractivity contribution in [2.24, 2.45) is 0 Å². The molecule has 0 radical (unpaired) electrons. The quantitative estimate of drug-likeness (QED) is 0.467. The van der Waals surface area contributed by atoms with Crippen molar-refractivity contribution in [1.29, 1.82) is 0 Å². The number of carbonyl (C=O) groups excluding carboxylic acids is 2. The van der Waals surface area contributed by atoms with E-state index in [9.17, 15) is 9.59 Å². The molecule has 0 unspecified atom stereocenters. The minimum absolute atomic E-state index is 0.211. The first-order valence-corrected chi connectivity index (χ1v) is 4.79. The lowest BCUT2D eigenvalue weighted by Gasteiger charge is -2.15. The Morgan fingerprint density at radius 3 is 2.50 bits per heavy atom. The van der Waals surface area contributed by atoms with Gasteiger partial charge in [-0.3, -0.25) is 14.9 Å². The summed E-state index contributed by atoms with van der Waals surface area (Å²) in [6.07, 6.45) is 1.58. The fourth-order valence-corrected chi connectivity index (χ4v) is 1.59. The van der Waals surface area contributed by atoms with Crippen molar-refractivity contribution >= 4 is 33.8 Å². The monoisotopic (exact) mass is 251 g/mol. The maximum atomic E-state index is 10.9. The second-order valence-electron chi connectivity index (χ2n) is 2.90. The molecule has 2 rings (SSSR count). The number of rotatable bonds is 1. The molecule has 1 saturated heterocycles. The predicted molar refractivity (Wildman–Crippen MR) is 55.3 cm³/mol. The number of benzene rings is 1. The predicted octanol–water partition coefficient (Wildman–Crippen LogP) is 1.49. The summed E-state index contributed by atoms with van der Waals surface area (Å²) in [6, 6.07) is 7.39. The molecule has 1 fully saturated rings. The molecule has 0 aliphatic carbocycles. The van der Waals surface area contributed by atoms with Gasteiger partial charge >= 0.3 is 0 Å². The van der Waals surface area contributed by atoms with Crippen LogP contribution in [0.2, 0.25) is 0 Å². The van der Waals surface area contributed by atoms with Crippen LogP contribution in [0.15, 0.2) is 34.3 Å². The number of hydrogen-bond donors (Lipinski definition) is 1. The first-order chi connectivity index (χ1) is 6.66. The van der Waals surface area contributed by atoms with Crippen LogP contribution in [0.4, 0.5) is 0 Å². The number of β-lactam (4-membered cyclic amide) rings is 2. The molecule has 0 atom stereocenters. The van der Waals surface area contributed by atoms with Gasteiger partial charge in [-0.1, -0.05) is 28.1 Å². The van der Waals surface area contributed by atoms with Crippen molar-refractivity contribution in [2.75, 3.05) is 0 Å². The summed E-state index contributed by atoms with van der Waals surface area (Å²) >= 11 is 3.31. The molecule has 4 heteroatoms. The Balaban J connectivity index is 2.34. The van der Waals surface area contributed by atoms with Gasteiger partial charge in [0.1, 0.15) is 5.57 Å². The van der Waals surface area contributed by atoms with E-state index in [4.69, 9.17) is 0 Å². The molecule has 1 aliphatic rings. The lowest BCUT2D eigenvalue weighted by atomic mass is 10.1. The highest BCUT2D eigenvalue weighted by Gasteiger charge is 2.30. The first-order valence-electron chi connectivity index (χ1n) is 4.00. The van der Waals surface area contributed by atoms with Crippen LogP contribution in [-0.4, -0.2) is 11.8 Å². The first kappa shape index (κ1) is 9.15. The Hall–Kier alpha value is -1.42. The van der Waals surface area contributed by atoms with Crippen LogP contribution in [0.25, 0.3) is 6.08 Å². The van der Waals surface area contributed by atoms with Gasteiger partial charge in [0.2, 0.25) is 0 Å². The van der Waals surface area contributed by atoms with Crippen molar-refractivity contribution in [3.8, 4) is 0 Å². The zero-order valence-corrected chi connectivity index (χ0v) is 8.67. The van der Waals surface area contributed by atoms with Crippen LogP contribution in [0.3, 0.4) is 0 Å². The van der Waals surface area contributed by atoms with E-state index in [-0.39, 0.29) is 17.4 Å². The molecule has 14 heavy (non-hydrogen) atoms. The number of halogens is 1. The summed E-state index contributed by atoms with van der Waals surface area (Å²) in [4.78, 5) is 21.8. The molecule has 0 saturated carbocycles. The Bertz CT molecular complexity index is 435. The normalized spacial score (nSPS) is 14.8. The third-order valence-electron chi connectivity index (χ3n) is 1.88. The number of imide groups is 1. The van der Waals surface area contributed by atoms with Crippen LogP contribution in [0.1, 0.15) is 5.56 Å². The minimum atomic E-state index is -0.310. The Labute approximate surface area is 88.9 Å². The van der Waals surface area contributed by atoms with E-state index in [1.807, 2.05) is 24.3 Å². The smallest absolute Gasteiger partial charge is 0.263 e. The Morgan fingerprint density at radius 2 is 1.93 bits per heavy atom. The minimum Gasteiger partial charge on any atom is -0.288 e. The summed E-state index contributed by atoms with van der Waals surface area (Å²) < 4.78 is 0.916. The summed E-state index contributed by atoms with van der Waals surface area (Å²) in [5.74, 6) is -0.620. The van der Waals surface area contributed by atoms with Gasteiger partial charge in [0.05, 0.1) is 0 Å². The van der Waals surface area contributed by atoms with E-state index in [2.05, 4.69) is 21.2 Å². The van der Waals surface area contributed by atoms with E-state index in [0.29, 0.717) is 0 Å². The van der Waals surface area contributed by atoms with Crippen molar-refractivity contribution in [2.45, 2.75) is 0 Å². The standard InChI is InChI=1S/C10H6BrNO2/c11-7-3-1-2-6(4-7)5-8-9(13)12-10(8)14/h1-5H,(H,12,13,14). The second-order valence-corrected chi connectivity index (χ2v) is 3.81. The number of amides is 2. The van der Waals surface area contributed by atoms with Gasteiger partial charge in [-0.25, -0.2) is 0 Å². The molecule has 70 valence electrons. The van der Waals surface area contributed by atoms with Crippen molar-refractivity contribution in [3.63, 3.8) is 0 Å². The van der Waals surface area contributed by atoms with E-state index in [1.165, 1.54) is 0 Å². The fraction of sp³-hybridized carbons (Fsp3) is 0. The van der Waals surface area contributed by atoms with E-state index < -0.39 is 0 Å². The van der Waals surface area contributed by atoms with Crippen molar-refractivity contribution < 1.29 is 9.59 Å². The number of hydrogen-bond acceptors (Lipinski definition) is 2. The van der Waals surface area contributed by atoms with Crippen molar-refractivity contribution in [3.05, 3.63) is 39.9 Å². The second kappa shape index (κ2) is 3.38. The number of nitrogens with one attached hydrogen (secondary N) is 1. The summed E-state index contributed by atoms with van der Waals surface area (Å²) in [7, 11) is 0. The highest BCUT2D eigenvalue weighted by Crippen LogP contribution is 2.16. The van der Waals surface area contributed by atoms with E-state index in [0.717, 1.165) is 10.0 Å². The molecular weight excluding hydrogens is 246 g/mol. The van der Waals surface area contributed by atoms with E-state index >= 15 is 0 Å². The average molecular weight is 252 g/mol. The average Bonchev–Trinajstić information content (AvgIpc) is 2.15. The molecular formula is C10H6BrNO2. The van der Waals surface area contributed by atoms with Gasteiger partial charge in [-0.2, -0.15) is 0 Å². The zero-order chi connectivity index (χ0) is 10.1. The molecule has 0 bridgehead atoms. The van der Waals surface area contributed by atoms with Gasteiger partial charge in [0.25, 0.3) is 11.8 Å². The molecule has 1 heterocycles. The lowest BCUT2D eigenvalue weighted by Crippen LogP contribution is -2.47. The molecule has 1 aromatic rings. The van der Waals surface area contributed by atoms with Crippen LogP contribution in [0.5, 0.6) is 0 Å². The van der Waals surface area contributed by atoms with E-state index in [1.54, 1.807) is 6.08 Å². The molecule has 3 nitrogen and oxygen atoms in total. The molecule has 2 amide bonds. The van der Waals surface area contributed by atoms with Gasteiger partial charge in [-0.15, -0.1) is 0 Å². The van der Waals surface area contributed by atoms with Crippen LogP contribution < -0.4 is 5.32 Å². The molecule has 0 spiro atoms. The summed E-state index contributed by atoms with van der Waals surface area (Å²) in [6.45, 7) is 0. The third-order valence-corrected chi connectivity index (χ3v) is 2.37. The van der Waals surface area contributed by atoms with Gasteiger partial charge < -0.3 is 0 Å². The molecule has 1 aliphatic heterocycles. The number of carbonyl (C=O) groups is 2. The van der Waals surface area contributed by atoms with Gasteiger partial charge in [0.15, 0.2) is 0 Å². The highest BCUT2D eigenvalue weighted by molar-refractivity contribution is 9.10. The van der Waals surface area contributed by atoms with Gasteiger partial charge in [0, 0.05) is 4.47 Å². The Kier molecular flexibility index (Phi) is 2.21. The summed E-state index contributed by atoms with van der Waals surface area (Å²) in [5.41, 5.74) is 1.04. The van der Waals surface area contributed by atoms with Crippen LogP contribution >= 0.6 is 15.9 Å². The Morgan fingerprint density at radius 1 is 1.21 bits per heavy atom. The highest BCUT2D eigenvalue weighted by atomic mass is 79.9. The topological polar surface area (TPSA) is 46.2 Å². The van der Waals surface area contributed by atoms with Crippen molar-refractivity contribution in [1.82, 2.24) is 5.32 Å². The largest absolute Gasteiger partial charge is 0.288 e. The zero-order valence-electron chi connectivity index (χ0n) is 7.08. The van der Waals surface area contributed by atoms with Crippen LogP contribution in [-0.2, 0) is 9.59 Å². The maximum Gasteiger partial charge on any atom is 0.263 e. The van der Waals surface area contributed by atoms with Gasteiger partial charge in [-0.05, 0) is 23.8 Å². The van der Waals surface area contributed by atoms with Crippen LogP contribution in [0, 0.1) is 0 Å². The molecule has 1 N–H and O–H groups in total. The maximum absolute atomic E-state index is 10.9. The summed E-state index contributed by atoms with van der Waals surface area (Å²) in [5, 5.41) is 2.13. The lowest BCUT2D eigenvalue weighted by molar-refractivity contribution is -0.134. The SMILES string of the molecule is O=C1NC(=O)C1=Cc1cccc(Br)c1. The molecule has 0 aromatic heterocycles.